The van der Waals surface area contributed by atoms with E-state index >= 15 is 0 Å². The average Bonchev–Trinajstić information content (AvgIpc) is 1.64. The van der Waals surface area contributed by atoms with Gasteiger partial charge in [-0.1, -0.05) is 6.92 Å². The first-order valence-corrected chi connectivity index (χ1v) is 3.23. The summed E-state index contributed by atoms with van der Waals surface area (Å²) in [6.45, 7) is 4.63. The molecule has 2 nitrogen and oxygen atoms in total. The van der Waals surface area contributed by atoms with E-state index in [9.17, 15) is 0 Å². The first-order valence-electron chi connectivity index (χ1n) is 3.23. The Balaban J connectivity index is 2.23. The van der Waals surface area contributed by atoms with Crippen LogP contribution < -0.4 is 5.43 Å². The molecule has 0 spiro atoms. The van der Waals surface area contributed by atoms with Crippen LogP contribution in [-0.4, -0.2) is 25.1 Å². The molecule has 1 aliphatic rings. The molecule has 0 unspecified atom stereocenters. The minimum atomic E-state index is 0.876. The van der Waals surface area contributed by atoms with Gasteiger partial charge in [-0.2, -0.15) is 0 Å². The third-order valence-electron chi connectivity index (χ3n) is 1.60. The molecule has 0 amide bonds. The second-order valence-electron chi connectivity index (χ2n) is 2.68. The van der Waals surface area contributed by atoms with Crippen molar-refractivity contribution in [2.45, 2.75) is 13.3 Å². The van der Waals surface area contributed by atoms with Crippen LogP contribution in [0.25, 0.3) is 0 Å². The number of nitrogens with one attached hydrogen (secondary N) is 1. The van der Waals surface area contributed by atoms with Crippen molar-refractivity contribution in [3.05, 3.63) is 0 Å². The summed E-state index contributed by atoms with van der Waals surface area (Å²) in [7, 11) is 2.09. The Bertz CT molecular complexity index is 64.9. The highest BCUT2D eigenvalue weighted by atomic mass is 15.5. The number of hydrogen-bond donors (Lipinski definition) is 1. The lowest BCUT2D eigenvalue weighted by molar-refractivity contribution is 0.153. The summed E-state index contributed by atoms with van der Waals surface area (Å²) in [4.78, 5) is 0. The van der Waals surface area contributed by atoms with Gasteiger partial charge in [-0.05, 0) is 12.3 Å². The summed E-state index contributed by atoms with van der Waals surface area (Å²) >= 11 is 0. The van der Waals surface area contributed by atoms with Gasteiger partial charge in [-0.25, -0.2) is 5.01 Å². The highest BCUT2D eigenvalue weighted by Gasteiger charge is 2.10. The predicted molar refractivity (Wildman–Crippen MR) is 34.4 cm³/mol. The van der Waals surface area contributed by atoms with Crippen molar-refractivity contribution in [1.29, 1.82) is 0 Å². The molecule has 1 saturated heterocycles. The van der Waals surface area contributed by atoms with Crippen LogP contribution >= 0.6 is 0 Å². The fraction of sp³-hybridized carbons (Fsp3) is 1.00. The molecule has 8 heavy (non-hydrogen) atoms. The van der Waals surface area contributed by atoms with Crippen molar-refractivity contribution < 1.29 is 0 Å². The molecule has 1 aliphatic heterocycles. The van der Waals surface area contributed by atoms with Crippen LogP contribution in [0.5, 0.6) is 0 Å². The van der Waals surface area contributed by atoms with E-state index in [-0.39, 0.29) is 0 Å². The van der Waals surface area contributed by atoms with Crippen LogP contribution in [0.15, 0.2) is 0 Å². The van der Waals surface area contributed by atoms with Crippen LogP contribution in [0.3, 0.4) is 0 Å². The minimum absolute atomic E-state index is 0.876. The molecule has 0 aromatic rings. The van der Waals surface area contributed by atoms with E-state index < -0.39 is 0 Å². The summed E-state index contributed by atoms with van der Waals surface area (Å²) in [6, 6.07) is 0. The molecular weight excluding hydrogens is 100 g/mol. The van der Waals surface area contributed by atoms with Crippen molar-refractivity contribution in [3.8, 4) is 0 Å². The SMILES string of the molecule is C[C@@H]1CCNN(C)C1. The molecule has 1 fully saturated rings. The van der Waals surface area contributed by atoms with E-state index in [1.54, 1.807) is 0 Å². The Morgan fingerprint density at radius 3 is 2.75 bits per heavy atom. The topological polar surface area (TPSA) is 15.3 Å². The van der Waals surface area contributed by atoms with E-state index in [4.69, 9.17) is 0 Å². The zero-order valence-corrected chi connectivity index (χ0v) is 5.65. The van der Waals surface area contributed by atoms with Crippen molar-refractivity contribution in [2.75, 3.05) is 20.1 Å². The van der Waals surface area contributed by atoms with Gasteiger partial charge >= 0.3 is 0 Å². The van der Waals surface area contributed by atoms with Gasteiger partial charge in [-0.15, -0.1) is 0 Å². The quantitative estimate of drug-likeness (QED) is 0.492. The zero-order chi connectivity index (χ0) is 5.98. The lowest BCUT2D eigenvalue weighted by atomic mass is 10.1. The Hall–Kier alpha value is -0.0800. The Morgan fingerprint density at radius 1 is 1.62 bits per heavy atom. The molecule has 0 radical (unpaired) electrons. The van der Waals surface area contributed by atoms with Crippen molar-refractivity contribution in [1.82, 2.24) is 10.4 Å². The van der Waals surface area contributed by atoms with Crippen LogP contribution in [-0.2, 0) is 0 Å². The van der Waals surface area contributed by atoms with E-state index in [2.05, 4.69) is 24.4 Å². The lowest BCUT2D eigenvalue weighted by Gasteiger charge is -2.27. The molecule has 0 bridgehead atoms. The summed E-state index contributed by atoms with van der Waals surface area (Å²) < 4.78 is 0. The Morgan fingerprint density at radius 2 is 2.38 bits per heavy atom. The lowest BCUT2D eigenvalue weighted by Crippen LogP contribution is -2.43. The maximum atomic E-state index is 3.25. The Labute approximate surface area is 50.8 Å². The van der Waals surface area contributed by atoms with E-state index in [1.807, 2.05) is 0 Å². The van der Waals surface area contributed by atoms with Gasteiger partial charge in [0.2, 0.25) is 0 Å². The molecule has 2 heteroatoms. The monoisotopic (exact) mass is 114 g/mol. The van der Waals surface area contributed by atoms with Gasteiger partial charge in [0.15, 0.2) is 0 Å². The third kappa shape index (κ3) is 1.46. The number of rotatable bonds is 0. The maximum absolute atomic E-state index is 3.25. The van der Waals surface area contributed by atoms with Crippen LogP contribution in [0, 0.1) is 5.92 Å². The first kappa shape index (κ1) is 6.05. The summed E-state index contributed by atoms with van der Waals surface area (Å²) in [5.41, 5.74) is 3.25. The fourth-order valence-electron chi connectivity index (χ4n) is 1.13. The largest absolute Gasteiger partial charge is 0.255 e. The van der Waals surface area contributed by atoms with E-state index in [1.165, 1.54) is 13.0 Å². The molecule has 0 aromatic carbocycles. The Kier molecular flexibility index (Phi) is 1.86. The minimum Gasteiger partial charge on any atom is -0.255 e. The molecule has 0 aliphatic carbocycles. The highest BCUT2D eigenvalue weighted by molar-refractivity contribution is 4.62. The van der Waals surface area contributed by atoms with Crippen LogP contribution in [0.1, 0.15) is 13.3 Å². The number of hydrogen-bond acceptors (Lipinski definition) is 2. The maximum Gasteiger partial charge on any atom is 0.0154 e. The van der Waals surface area contributed by atoms with E-state index in [0.29, 0.717) is 0 Å². The molecule has 1 N–H and O–H groups in total. The number of nitrogens with zero attached hydrogens (tertiary/aromatic N) is 1. The molecule has 48 valence electrons. The van der Waals surface area contributed by atoms with Crippen molar-refractivity contribution in [2.24, 2.45) is 5.92 Å². The standard InChI is InChI=1S/C6H14N2/c1-6-3-4-7-8(2)5-6/h6-7H,3-5H2,1-2H3/t6-/m1/s1. The van der Waals surface area contributed by atoms with Crippen LogP contribution in [0.2, 0.25) is 0 Å². The number of hydrazine groups is 1. The van der Waals surface area contributed by atoms with Gasteiger partial charge in [0.05, 0.1) is 0 Å². The summed E-state index contributed by atoms with van der Waals surface area (Å²) in [6.07, 6.45) is 1.32. The normalized spacial score (nSPS) is 33.0. The van der Waals surface area contributed by atoms with Gasteiger partial charge in [0, 0.05) is 20.1 Å². The zero-order valence-electron chi connectivity index (χ0n) is 5.65. The highest BCUT2D eigenvalue weighted by Crippen LogP contribution is 2.05. The fourth-order valence-corrected chi connectivity index (χ4v) is 1.13. The first-order chi connectivity index (χ1) is 3.79. The average molecular weight is 114 g/mol. The predicted octanol–water partition coefficient (Wildman–Crippen LogP) is 0.463. The van der Waals surface area contributed by atoms with E-state index in [0.717, 1.165) is 12.5 Å². The summed E-state index contributed by atoms with van der Waals surface area (Å²) in [5, 5.41) is 2.16. The molecule has 1 heterocycles. The van der Waals surface area contributed by atoms with Gasteiger partial charge in [0.1, 0.15) is 0 Å². The van der Waals surface area contributed by atoms with Crippen LogP contribution in [0.4, 0.5) is 0 Å². The molecule has 1 rings (SSSR count). The van der Waals surface area contributed by atoms with Gasteiger partial charge in [0.25, 0.3) is 0 Å². The molecule has 0 aromatic heterocycles. The third-order valence-corrected chi connectivity index (χ3v) is 1.60. The second kappa shape index (κ2) is 2.46. The van der Waals surface area contributed by atoms with Crippen molar-refractivity contribution >= 4 is 0 Å². The molecule has 1 atom stereocenters. The van der Waals surface area contributed by atoms with Gasteiger partial charge in [-0.3, -0.25) is 5.43 Å². The summed E-state index contributed by atoms with van der Waals surface area (Å²) in [5.74, 6) is 0.876. The second-order valence-corrected chi connectivity index (χ2v) is 2.68. The van der Waals surface area contributed by atoms with Gasteiger partial charge < -0.3 is 0 Å². The smallest absolute Gasteiger partial charge is 0.0154 e. The van der Waals surface area contributed by atoms with Crippen molar-refractivity contribution in [3.63, 3.8) is 0 Å². The molecule has 0 saturated carbocycles. The molecular formula is C6H14N2.